The molecule has 0 saturated carbocycles. The summed E-state index contributed by atoms with van der Waals surface area (Å²) >= 11 is 0. The summed E-state index contributed by atoms with van der Waals surface area (Å²) in [6.07, 6.45) is 4.83. The quantitative estimate of drug-likeness (QED) is 0.893. The van der Waals surface area contributed by atoms with Crippen LogP contribution in [0.2, 0.25) is 0 Å². The lowest BCUT2D eigenvalue weighted by Crippen LogP contribution is -2.56. The molecule has 1 aliphatic rings. The molecule has 2 unspecified atom stereocenters. The number of likely N-dealkylation sites (tertiary alicyclic amines) is 1. The maximum absolute atomic E-state index is 12.9. The van der Waals surface area contributed by atoms with E-state index >= 15 is 0 Å². The Morgan fingerprint density at radius 2 is 1.80 bits per heavy atom. The molecule has 1 N–H and O–H groups in total. The van der Waals surface area contributed by atoms with E-state index in [4.69, 9.17) is 0 Å². The highest BCUT2D eigenvalue weighted by Gasteiger charge is 2.37. The number of aliphatic hydroxyl groups is 1. The predicted octanol–water partition coefficient (Wildman–Crippen LogP) is 3.38. The van der Waals surface area contributed by atoms with Gasteiger partial charge in [-0.25, -0.2) is 4.39 Å². The fourth-order valence-electron chi connectivity index (χ4n) is 3.14. The highest BCUT2D eigenvalue weighted by Crippen LogP contribution is 2.29. The molecule has 1 fully saturated rings. The van der Waals surface area contributed by atoms with Gasteiger partial charge in [0.1, 0.15) is 5.82 Å². The zero-order valence-corrected chi connectivity index (χ0v) is 12.6. The number of nitrogens with zero attached hydrogens (tertiary/aromatic N) is 1. The molecule has 0 amide bonds. The van der Waals surface area contributed by atoms with E-state index in [2.05, 4.69) is 18.7 Å². The Morgan fingerprint density at radius 1 is 1.20 bits per heavy atom. The Hall–Kier alpha value is -0.930. The SMILES string of the molecule is CCC(C)(C(O)Cc1ccc(F)cc1)N1CCCCC1. The Kier molecular flexibility index (Phi) is 5.17. The average molecular weight is 279 g/mol. The Labute approximate surface area is 121 Å². The van der Waals surface area contributed by atoms with Crippen molar-refractivity contribution in [2.24, 2.45) is 0 Å². The summed E-state index contributed by atoms with van der Waals surface area (Å²) < 4.78 is 12.9. The molecular formula is C17H26FNO. The van der Waals surface area contributed by atoms with E-state index in [1.165, 1.54) is 31.4 Å². The van der Waals surface area contributed by atoms with Gasteiger partial charge in [-0.1, -0.05) is 25.5 Å². The lowest BCUT2D eigenvalue weighted by Gasteiger charge is -2.46. The van der Waals surface area contributed by atoms with Crippen LogP contribution in [-0.2, 0) is 6.42 Å². The van der Waals surface area contributed by atoms with Crippen LogP contribution in [0.3, 0.4) is 0 Å². The number of benzene rings is 1. The highest BCUT2D eigenvalue weighted by atomic mass is 19.1. The van der Waals surface area contributed by atoms with Crippen molar-refractivity contribution in [2.75, 3.05) is 13.1 Å². The van der Waals surface area contributed by atoms with Crippen molar-refractivity contribution in [3.63, 3.8) is 0 Å². The third kappa shape index (κ3) is 3.39. The lowest BCUT2D eigenvalue weighted by atomic mass is 9.84. The van der Waals surface area contributed by atoms with Crippen LogP contribution >= 0.6 is 0 Å². The van der Waals surface area contributed by atoms with Gasteiger partial charge in [0, 0.05) is 12.0 Å². The molecule has 112 valence electrons. The first-order valence-corrected chi connectivity index (χ1v) is 7.74. The molecule has 1 heterocycles. The summed E-state index contributed by atoms with van der Waals surface area (Å²) in [5, 5.41) is 10.7. The molecule has 3 heteroatoms. The van der Waals surface area contributed by atoms with E-state index in [0.29, 0.717) is 6.42 Å². The number of hydrogen-bond donors (Lipinski definition) is 1. The third-order valence-electron chi connectivity index (χ3n) is 4.85. The van der Waals surface area contributed by atoms with Crippen molar-refractivity contribution in [1.29, 1.82) is 0 Å². The van der Waals surface area contributed by atoms with Crippen LogP contribution in [-0.4, -0.2) is 34.7 Å². The summed E-state index contributed by atoms with van der Waals surface area (Å²) in [6, 6.07) is 6.47. The smallest absolute Gasteiger partial charge is 0.123 e. The van der Waals surface area contributed by atoms with E-state index in [-0.39, 0.29) is 11.4 Å². The van der Waals surface area contributed by atoms with Crippen LogP contribution in [0.5, 0.6) is 0 Å². The van der Waals surface area contributed by atoms with Gasteiger partial charge in [-0.15, -0.1) is 0 Å². The summed E-state index contributed by atoms with van der Waals surface area (Å²) in [5.41, 5.74) is 0.810. The van der Waals surface area contributed by atoms with Crippen molar-refractivity contribution in [3.05, 3.63) is 35.6 Å². The van der Waals surface area contributed by atoms with Crippen molar-refractivity contribution in [3.8, 4) is 0 Å². The molecule has 1 aliphatic heterocycles. The number of piperidine rings is 1. The van der Waals surface area contributed by atoms with Gasteiger partial charge in [-0.05, 0) is 57.0 Å². The molecule has 0 bridgehead atoms. The van der Waals surface area contributed by atoms with Gasteiger partial charge >= 0.3 is 0 Å². The van der Waals surface area contributed by atoms with E-state index in [1.807, 2.05) is 0 Å². The second-order valence-corrected chi connectivity index (χ2v) is 6.10. The average Bonchev–Trinajstić information content (AvgIpc) is 2.49. The molecule has 20 heavy (non-hydrogen) atoms. The first-order chi connectivity index (χ1) is 9.56. The second kappa shape index (κ2) is 6.68. The first kappa shape index (κ1) is 15.5. The second-order valence-electron chi connectivity index (χ2n) is 6.10. The van der Waals surface area contributed by atoms with Gasteiger partial charge in [0.25, 0.3) is 0 Å². The van der Waals surface area contributed by atoms with E-state index in [0.717, 1.165) is 25.1 Å². The molecule has 1 saturated heterocycles. The lowest BCUT2D eigenvalue weighted by molar-refractivity contribution is -0.0328. The topological polar surface area (TPSA) is 23.5 Å². The highest BCUT2D eigenvalue weighted by molar-refractivity contribution is 5.18. The molecule has 2 atom stereocenters. The number of halogens is 1. The largest absolute Gasteiger partial charge is 0.391 e. The van der Waals surface area contributed by atoms with Gasteiger partial charge in [0.2, 0.25) is 0 Å². The monoisotopic (exact) mass is 279 g/mol. The molecule has 1 aromatic carbocycles. The zero-order valence-electron chi connectivity index (χ0n) is 12.6. The normalized spacial score (nSPS) is 21.4. The van der Waals surface area contributed by atoms with E-state index < -0.39 is 6.10 Å². The molecule has 2 rings (SSSR count). The van der Waals surface area contributed by atoms with Gasteiger partial charge in [-0.3, -0.25) is 4.90 Å². The molecule has 0 aromatic heterocycles. The minimum absolute atomic E-state index is 0.186. The molecular weight excluding hydrogens is 253 g/mol. The molecule has 0 aliphatic carbocycles. The van der Waals surface area contributed by atoms with Crippen LogP contribution in [0.4, 0.5) is 4.39 Å². The Morgan fingerprint density at radius 3 is 2.35 bits per heavy atom. The number of hydrogen-bond acceptors (Lipinski definition) is 2. The van der Waals surface area contributed by atoms with Crippen LogP contribution in [0.1, 0.15) is 45.1 Å². The van der Waals surface area contributed by atoms with Gasteiger partial charge in [0.05, 0.1) is 6.10 Å². The summed E-state index contributed by atoms with van der Waals surface area (Å²) in [4.78, 5) is 2.44. The fraction of sp³-hybridized carbons (Fsp3) is 0.647. The predicted molar refractivity (Wildman–Crippen MR) is 80.2 cm³/mol. The zero-order chi connectivity index (χ0) is 14.6. The van der Waals surface area contributed by atoms with E-state index in [1.54, 1.807) is 12.1 Å². The van der Waals surface area contributed by atoms with Crippen LogP contribution in [0, 0.1) is 5.82 Å². The summed E-state index contributed by atoms with van der Waals surface area (Å²) in [5.74, 6) is -0.225. The molecule has 0 radical (unpaired) electrons. The van der Waals surface area contributed by atoms with Crippen molar-refractivity contribution in [1.82, 2.24) is 4.90 Å². The third-order valence-corrected chi connectivity index (χ3v) is 4.85. The van der Waals surface area contributed by atoms with Crippen molar-refractivity contribution < 1.29 is 9.50 Å². The minimum Gasteiger partial charge on any atom is -0.391 e. The van der Waals surface area contributed by atoms with Gasteiger partial charge in [0.15, 0.2) is 0 Å². The first-order valence-electron chi connectivity index (χ1n) is 7.74. The summed E-state index contributed by atoms with van der Waals surface area (Å²) in [6.45, 7) is 6.45. The standard InChI is InChI=1S/C17H26FNO/c1-3-17(2,19-11-5-4-6-12-19)16(20)13-14-7-9-15(18)10-8-14/h7-10,16,20H,3-6,11-13H2,1-2H3. The fourth-order valence-corrected chi connectivity index (χ4v) is 3.14. The summed E-state index contributed by atoms with van der Waals surface area (Å²) in [7, 11) is 0. The van der Waals surface area contributed by atoms with Crippen LogP contribution in [0.25, 0.3) is 0 Å². The molecule has 2 nitrogen and oxygen atoms in total. The number of rotatable bonds is 5. The van der Waals surface area contributed by atoms with E-state index in [9.17, 15) is 9.50 Å². The van der Waals surface area contributed by atoms with Crippen molar-refractivity contribution >= 4 is 0 Å². The number of aliphatic hydroxyl groups excluding tert-OH is 1. The minimum atomic E-state index is -0.420. The Balaban J connectivity index is 2.07. The van der Waals surface area contributed by atoms with Gasteiger partial charge in [-0.2, -0.15) is 0 Å². The maximum Gasteiger partial charge on any atom is 0.123 e. The van der Waals surface area contributed by atoms with Crippen LogP contribution < -0.4 is 0 Å². The van der Waals surface area contributed by atoms with Crippen LogP contribution in [0.15, 0.2) is 24.3 Å². The van der Waals surface area contributed by atoms with Gasteiger partial charge < -0.3 is 5.11 Å². The molecule has 0 spiro atoms. The van der Waals surface area contributed by atoms with Crippen molar-refractivity contribution in [2.45, 2.75) is 57.6 Å². The maximum atomic E-state index is 12.9. The molecule has 1 aromatic rings. The Bertz CT molecular complexity index is 414.